The summed E-state index contributed by atoms with van der Waals surface area (Å²) in [5.74, 6) is 0.634. The molecule has 0 atom stereocenters. The highest BCUT2D eigenvalue weighted by Crippen LogP contribution is 2.32. The fourth-order valence-corrected chi connectivity index (χ4v) is 3.51. The number of fused-ring (bicyclic) bond motifs is 1. The first-order chi connectivity index (χ1) is 9.86. The Morgan fingerprint density at radius 3 is 2.43 bits per heavy atom. The average molecular weight is 298 g/mol. The first-order valence-corrected chi connectivity index (χ1v) is 7.83. The Balaban J connectivity index is 2.22. The number of H-pyrrole nitrogens is 1. The van der Waals surface area contributed by atoms with Gasteiger partial charge in [-0.25, -0.2) is 4.98 Å². The second-order valence-electron chi connectivity index (χ2n) is 6.36. The number of benzene rings is 1. The summed E-state index contributed by atoms with van der Waals surface area (Å²) in [6.07, 6.45) is 0. The van der Waals surface area contributed by atoms with Crippen molar-refractivity contribution in [2.45, 2.75) is 33.1 Å². The van der Waals surface area contributed by atoms with Gasteiger partial charge in [-0.2, -0.15) is 0 Å². The van der Waals surface area contributed by atoms with Crippen LogP contribution in [-0.2, 0) is 5.41 Å². The molecular weight excluding hydrogens is 280 g/mol. The average Bonchev–Trinajstić information content (AvgIpc) is 2.83. The van der Waals surface area contributed by atoms with Crippen molar-refractivity contribution in [2.75, 3.05) is 0 Å². The van der Waals surface area contributed by atoms with Gasteiger partial charge in [0.25, 0.3) is 5.56 Å². The molecule has 3 nitrogen and oxygen atoms in total. The zero-order valence-corrected chi connectivity index (χ0v) is 13.5. The third-order valence-corrected chi connectivity index (χ3v) is 4.45. The lowest BCUT2D eigenvalue weighted by Gasteiger charge is -2.16. The summed E-state index contributed by atoms with van der Waals surface area (Å²) < 4.78 is 0. The molecule has 1 aromatic carbocycles. The number of aryl methyl sites for hydroxylation is 1. The molecule has 0 radical (unpaired) electrons. The molecule has 0 saturated heterocycles. The third-order valence-electron chi connectivity index (χ3n) is 3.58. The van der Waals surface area contributed by atoms with Crippen LogP contribution in [-0.4, -0.2) is 9.97 Å². The van der Waals surface area contributed by atoms with Gasteiger partial charge < -0.3 is 4.98 Å². The molecule has 0 spiro atoms. The van der Waals surface area contributed by atoms with Crippen molar-refractivity contribution in [3.05, 3.63) is 51.1 Å². The molecule has 0 unspecified atom stereocenters. The normalized spacial score (nSPS) is 12.0. The molecule has 0 saturated carbocycles. The molecule has 2 heterocycles. The van der Waals surface area contributed by atoms with Gasteiger partial charge in [-0.3, -0.25) is 4.79 Å². The van der Waals surface area contributed by atoms with E-state index >= 15 is 0 Å². The molecule has 21 heavy (non-hydrogen) atoms. The molecule has 0 bridgehead atoms. The van der Waals surface area contributed by atoms with Crippen LogP contribution in [0.4, 0.5) is 0 Å². The Hall–Kier alpha value is -1.94. The summed E-state index contributed by atoms with van der Waals surface area (Å²) in [6.45, 7) is 8.38. The number of aromatic amines is 1. The van der Waals surface area contributed by atoms with Crippen molar-refractivity contribution in [3.8, 4) is 11.4 Å². The highest BCUT2D eigenvalue weighted by molar-refractivity contribution is 7.16. The molecule has 108 valence electrons. The summed E-state index contributed by atoms with van der Waals surface area (Å²) in [5.41, 5.74) is 3.07. The highest BCUT2D eigenvalue weighted by atomic mass is 32.1. The molecule has 0 amide bonds. The van der Waals surface area contributed by atoms with Gasteiger partial charge in [0.15, 0.2) is 0 Å². The Labute approximate surface area is 127 Å². The van der Waals surface area contributed by atoms with Crippen molar-refractivity contribution in [2.24, 2.45) is 0 Å². The van der Waals surface area contributed by atoms with Gasteiger partial charge in [-0.15, -0.1) is 11.3 Å². The molecule has 0 aliphatic carbocycles. The predicted molar refractivity (Wildman–Crippen MR) is 89.1 cm³/mol. The smallest absolute Gasteiger partial charge is 0.260 e. The minimum atomic E-state index is -0.0572. The Bertz CT molecular complexity index is 851. The molecule has 3 aromatic rings. The largest absolute Gasteiger partial charge is 0.306 e. The van der Waals surface area contributed by atoms with E-state index in [9.17, 15) is 4.79 Å². The topological polar surface area (TPSA) is 45.8 Å². The second kappa shape index (κ2) is 4.81. The molecule has 1 N–H and O–H groups in total. The summed E-state index contributed by atoms with van der Waals surface area (Å²) in [4.78, 5) is 20.8. The van der Waals surface area contributed by atoms with E-state index < -0.39 is 0 Å². The number of nitrogens with one attached hydrogen (secondary N) is 1. The van der Waals surface area contributed by atoms with Gasteiger partial charge in [0.05, 0.1) is 5.39 Å². The first kappa shape index (κ1) is 14.0. The lowest BCUT2D eigenvalue weighted by atomic mass is 9.87. The van der Waals surface area contributed by atoms with Gasteiger partial charge in [-0.1, -0.05) is 50.6 Å². The van der Waals surface area contributed by atoms with Crippen LogP contribution in [0.15, 0.2) is 34.4 Å². The molecule has 3 rings (SSSR count). The number of thiophene rings is 1. The van der Waals surface area contributed by atoms with Crippen LogP contribution in [0.3, 0.4) is 0 Å². The van der Waals surface area contributed by atoms with Crippen molar-refractivity contribution < 1.29 is 0 Å². The zero-order valence-electron chi connectivity index (χ0n) is 12.7. The molecule has 4 heteroatoms. The number of rotatable bonds is 1. The monoisotopic (exact) mass is 298 g/mol. The van der Waals surface area contributed by atoms with Crippen LogP contribution >= 0.6 is 11.3 Å². The van der Waals surface area contributed by atoms with Crippen LogP contribution in [0.25, 0.3) is 21.6 Å². The van der Waals surface area contributed by atoms with E-state index in [1.807, 2.05) is 36.6 Å². The van der Waals surface area contributed by atoms with E-state index in [2.05, 4.69) is 30.7 Å². The van der Waals surface area contributed by atoms with Crippen molar-refractivity contribution in [1.82, 2.24) is 9.97 Å². The van der Waals surface area contributed by atoms with Gasteiger partial charge in [0.2, 0.25) is 0 Å². The lowest BCUT2D eigenvalue weighted by Crippen LogP contribution is -2.16. The van der Waals surface area contributed by atoms with Crippen molar-refractivity contribution >= 4 is 21.6 Å². The van der Waals surface area contributed by atoms with Crippen molar-refractivity contribution in [1.29, 1.82) is 0 Å². The van der Waals surface area contributed by atoms with Crippen LogP contribution in [0.1, 0.15) is 31.9 Å². The quantitative estimate of drug-likeness (QED) is 0.729. The summed E-state index contributed by atoms with van der Waals surface area (Å²) in [7, 11) is 0. The number of aromatic nitrogens is 2. The number of nitrogens with zero attached hydrogens (tertiary/aromatic N) is 1. The summed E-state index contributed by atoms with van der Waals surface area (Å²) in [6, 6.07) is 8.01. The Morgan fingerprint density at radius 1 is 1.14 bits per heavy atom. The fourth-order valence-electron chi connectivity index (χ4n) is 2.35. The highest BCUT2D eigenvalue weighted by Gasteiger charge is 2.21. The minimum absolute atomic E-state index is 0.0539. The van der Waals surface area contributed by atoms with E-state index in [4.69, 9.17) is 0 Å². The molecule has 0 aliphatic heterocycles. The van der Waals surface area contributed by atoms with Crippen LogP contribution in [0.5, 0.6) is 0 Å². The number of hydrogen-bond acceptors (Lipinski definition) is 3. The molecule has 0 fully saturated rings. The SMILES string of the molecule is Cc1ccc(-c2nc3scc(C(C)(C)C)c3c(=O)[nH]2)cc1. The van der Waals surface area contributed by atoms with Gasteiger partial charge >= 0.3 is 0 Å². The Kier molecular flexibility index (Phi) is 3.21. The molecule has 2 aromatic heterocycles. The van der Waals surface area contributed by atoms with E-state index in [-0.39, 0.29) is 11.0 Å². The molecule has 0 aliphatic rings. The fraction of sp³-hybridized carbons (Fsp3) is 0.294. The molecular formula is C17H18N2OS. The first-order valence-electron chi connectivity index (χ1n) is 6.95. The van der Waals surface area contributed by atoms with E-state index in [1.54, 1.807) is 0 Å². The second-order valence-corrected chi connectivity index (χ2v) is 7.22. The standard InChI is InChI=1S/C17H18N2OS/c1-10-5-7-11(8-6-10)14-18-15(20)13-12(17(2,3)4)9-21-16(13)19-14/h5-9H,1-4H3,(H,18,19,20). The lowest BCUT2D eigenvalue weighted by molar-refractivity contribution is 0.597. The van der Waals surface area contributed by atoms with Crippen LogP contribution in [0.2, 0.25) is 0 Å². The summed E-state index contributed by atoms with van der Waals surface area (Å²) in [5, 5.41) is 2.77. The van der Waals surface area contributed by atoms with Gasteiger partial charge in [-0.05, 0) is 23.3 Å². The van der Waals surface area contributed by atoms with E-state index in [0.717, 1.165) is 21.3 Å². The van der Waals surface area contributed by atoms with Crippen LogP contribution < -0.4 is 5.56 Å². The maximum atomic E-state index is 12.5. The predicted octanol–water partition coefficient (Wildman–Crippen LogP) is 4.26. The zero-order chi connectivity index (χ0) is 15.2. The minimum Gasteiger partial charge on any atom is -0.306 e. The maximum Gasteiger partial charge on any atom is 0.260 e. The van der Waals surface area contributed by atoms with E-state index in [0.29, 0.717) is 5.82 Å². The number of hydrogen-bond donors (Lipinski definition) is 1. The summed E-state index contributed by atoms with van der Waals surface area (Å²) >= 11 is 1.54. The van der Waals surface area contributed by atoms with Gasteiger partial charge in [0.1, 0.15) is 10.7 Å². The Morgan fingerprint density at radius 2 is 1.81 bits per heavy atom. The third kappa shape index (κ3) is 2.51. The van der Waals surface area contributed by atoms with Crippen LogP contribution in [0, 0.1) is 6.92 Å². The van der Waals surface area contributed by atoms with Crippen molar-refractivity contribution in [3.63, 3.8) is 0 Å². The maximum absolute atomic E-state index is 12.5. The van der Waals surface area contributed by atoms with Gasteiger partial charge in [0, 0.05) is 5.56 Å². The van der Waals surface area contributed by atoms with E-state index in [1.165, 1.54) is 16.9 Å².